The van der Waals surface area contributed by atoms with Crippen molar-refractivity contribution in [2.45, 2.75) is 31.2 Å². The molecule has 3 amide bonds. The molecule has 0 spiro atoms. The molecule has 1 unspecified atom stereocenters. The molecule has 7 nitrogen and oxygen atoms in total. The number of sulfonamides is 1. The molecule has 8 heteroatoms. The number of urea groups is 1. The van der Waals surface area contributed by atoms with Crippen molar-refractivity contribution in [3.8, 4) is 0 Å². The second-order valence-corrected chi connectivity index (χ2v) is 8.14. The Morgan fingerprint density at radius 3 is 2.19 bits per heavy atom. The van der Waals surface area contributed by atoms with E-state index in [1.807, 2.05) is 6.92 Å². The van der Waals surface area contributed by atoms with Crippen molar-refractivity contribution in [2.24, 2.45) is 0 Å². The lowest BCUT2D eigenvalue weighted by molar-refractivity contribution is -0.123. The van der Waals surface area contributed by atoms with E-state index in [0.29, 0.717) is 16.8 Å². The number of aryl methyl sites for hydroxylation is 2. The van der Waals surface area contributed by atoms with Crippen molar-refractivity contribution in [1.82, 2.24) is 10.6 Å². The van der Waals surface area contributed by atoms with Crippen LogP contribution in [0.1, 0.15) is 23.6 Å². The summed E-state index contributed by atoms with van der Waals surface area (Å²) in [7, 11) is -3.73. The first-order chi connectivity index (χ1) is 12.1. The van der Waals surface area contributed by atoms with E-state index in [-0.39, 0.29) is 4.90 Å². The number of carbonyl (C=O) groups excluding carboxylic acids is 2. The van der Waals surface area contributed by atoms with Crippen LogP contribution in [-0.2, 0) is 20.4 Å². The summed E-state index contributed by atoms with van der Waals surface area (Å²) >= 11 is 0. The first-order valence-corrected chi connectivity index (χ1v) is 9.44. The SMILES string of the molecule is Cc1ccc(S(=O)(=O)Nc2ccc(C3(C)NC(=O)NC3=O)cc2)c(C)c1. The van der Waals surface area contributed by atoms with Crippen LogP contribution < -0.4 is 15.4 Å². The maximum absolute atomic E-state index is 12.6. The summed E-state index contributed by atoms with van der Waals surface area (Å²) in [5, 5.41) is 4.75. The van der Waals surface area contributed by atoms with Crippen LogP contribution in [0.3, 0.4) is 0 Å². The van der Waals surface area contributed by atoms with Gasteiger partial charge in [-0.2, -0.15) is 0 Å². The second kappa shape index (κ2) is 6.14. The Labute approximate surface area is 151 Å². The highest BCUT2D eigenvalue weighted by atomic mass is 32.2. The summed E-state index contributed by atoms with van der Waals surface area (Å²) in [5.41, 5.74) is 1.38. The Balaban J connectivity index is 1.85. The summed E-state index contributed by atoms with van der Waals surface area (Å²) in [6, 6.07) is 10.9. The van der Waals surface area contributed by atoms with E-state index in [1.54, 1.807) is 56.3 Å². The Kier molecular flexibility index (Phi) is 4.23. The third-order valence-electron chi connectivity index (χ3n) is 4.38. The maximum Gasteiger partial charge on any atom is 0.322 e. The molecule has 1 aliphatic rings. The molecule has 1 heterocycles. The molecule has 1 atom stereocenters. The number of carbonyl (C=O) groups is 2. The van der Waals surface area contributed by atoms with Crippen molar-refractivity contribution < 1.29 is 18.0 Å². The molecule has 2 aromatic carbocycles. The largest absolute Gasteiger partial charge is 0.322 e. The first kappa shape index (κ1) is 17.9. The van der Waals surface area contributed by atoms with Gasteiger partial charge in [0.05, 0.1) is 4.90 Å². The molecular weight excluding hydrogens is 354 g/mol. The molecule has 0 bridgehead atoms. The Hall–Kier alpha value is -2.87. The molecule has 3 rings (SSSR count). The minimum Gasteiger partial charge on any atom is -0.320 e. The van der Waals surface area contributed by atoms with Gasteiger partial charge in [-0.3, -0.25) is 14.8 Å². The highest BCUT2D eigenvalue weighted by molar-refractivity contribution is 7.92. The fourth-order valence-corrected chi connectivity index (χ4v) is 4.22. The lowest BCUT2D eigenvalue weighted by Gasteiger charge is -2.21. The molecule has 0 aromatic heterocycles. The number of anilines is 1. The number of rotatable bonds is 4. The van der Waals surface area contributed by atoms with E-state index in [4.69, 9.17) is 0 Å². The molecule has 0 aliphatic carbocycles. The van der Waals surface area contributed by atoms with Gasteiger partial charge in [-0.05, 0) is 50.1 Å². The summed E-state index contributed by atoms with van der Waals surface area (Å²) in [5.74, 6) is -0.453. The molecule has 0 radical (unpaired) electrons. The maximum atomic E-state index is 12.6. The minimum atomic E-state index is -3.73. The lowest BCUT2D eigenvalue weighted by atomic mass is 9.92. The number of imide groups is 1. The first-order valence-electron chi connectivity index (χ1n) is 7.96. The van der Waals surface area contributed by atoms with Gasteiger partial charge in [-0.1, -0.05) is 29.8 Å². The number of benzene rings is 2. The van der Waals surface area contributed by atoms with Crippen LogP contribution in [0.15, 0.2) is 47.4 Å². The summed E-state index contributed by atoms with van der Waals surface area (Å²) in [6.45, 7) is 5.23. The van der Waals surface area contributed by atoms with Crippen molar-refractivity contribution >= 4 is 27.6 Å². The molecule has 1 fully saturated rings. The molecule has 26 heavy (non-hydrogen) atoms. The third kappa shape index (κ3) is 3.15. The summed E-state index contributed by atoms with van der Waals surface area (Å²) < 4.78 is 27.7. The molecular formula is C18H19N3O4S. The van der Waals surface area contributed by atoms with Crippen molar-refractivity contribution in [3.63, 3.8) is 0 Å². The number of amides is 3. The fourth-order valence-electron chi connectivity index (χ4n) is 2.93. The van der Waals surface area contributed by atoms with Gasteiger partial charge in [0.1, 0.15) is 5.54 Å². The Morgan fingerprint density at radius 2 is 1.65 bits per heavy atom. The van der Waals surface area contributed by atoms with E-state index < -0.39 is 27.5 Å². The monoisotopic (exact) mass is 373 g/mol. The number of hydrogen-bond donors (Lipinski definition) is 3. The fraction of sp³-hybridized carbons (Fsp3) is 0.222. The zero-order chi connectivity index (χ0) is 19.1. The van der Waals surface area contributed by atoms with Gasteiger partial charge in [0, 0.05) is 5.69 Å². The second-order valence-electron chi connectivity index (χ2n) is 6.49. The van der Waals surface area contributed by atoms with Crippen molar-refractivity contribution in [1.29, 1.82) is 0 Å². The van der Waals surface area contributed by atoms with E-state index in [1.165, 1.54) is 0 Å². The van der Waals surface area contributed by atoms with Crippen molar-refractivity contribution in [3.05, 3.63) is 59.2 Å². The predicted octanol–water partition coefficient (Wildman–Crippen LogP) is 2.16. The van der Waals surface area contributed by atoms with Crippen LogP contribution in [-0.4, -0.2) is 20.4 Å². The molecule has 3 N–H and O–H groups in total. The predicted molar refractivity (Wildman–Crippen MR) is 97.2 cm³/mol. The topological polar surface area (TPSA) is 104 Å². The van der Waals surface area contributed by atoms with E-state index in [2.05, 4.69) is 15.4 Å². The van der Waals surface area contributed by atoms with Gasteiger partial charge in [0.2, 0.25) is 0 Å². The number of nitrogens with one attached hydrogen (secondary N) is 3. The quantitative estimate of drug-likeness (QED) is 0.714. The van der Waals surface area contributed by atoms with Crippen LogP contribution >= 0.6 is 0 Å². The van der Waals surface area contributed by atoms with Crippen LogP contribution in [0, 0.1) is 13.8 Å². The molecule has 0 saturated carbocycles. The van der Waals surface area contributed by atoms with Gasteiger partial charge in [0.15, 0.2) is 0 Å². The normalized spacial score (nSPS) is 19.8. The standard InChI is InChI=1S/C18H19N3O4S/c1-11-4-9-15(12(2)10-11)26(24,25)21-14-7-5-13(6-8-14)18(3)16(22)19-17(23)20-18/h4-10,21H,1-3H3,(H2,19,20,22,23). The average molecular weight is 373 g/mol. The third-order valence-corrected chi connectivity index (χ3v) is 5.92. The van der Waals surface area contributed by atoms with E-state index >= 15 is 0 Å². The van der Waals surface area contributed by atoms with Gasteiger partial charge in [-0.15, -0.1) is 0 Å². The van der Waals surface area contributed by atoms with Crippen LogP contribution in [0.2, 0.25) is 0 Å². The highest BCUT2D eigenvalue weighted by Crippen LogP contribution is 2.27. The molecule has 1 aliphatic heterocycles. The van der Waals surface area contributed by atoms with E-state index in [9.17, 15) is 18.0 Å². The zero-order valence-corrected chi connectivity index (χ0v) is 15.4. The van der Waals surface area contributed by atoms with Crippen LogP contribution in [0.5, 0.6) is 0 Å². The molecule has 136 valence electrons. The lowest BCUT2D eigenvalue weighted by Crippen LogP contribution is -2.40. The van der Waals surface area contributed by atoms with Gasteiger partial charge in [-0.25, -0.2) is 13.2 Å². The van der Waals surface area contributed by atoms with Gasteiger partial charge in [0.25, 0.3) is 15.9 Å². The zero-order valence-electron chi connectivity index (χ0n) is 14.6. The highest BCUT2D eigenvalue weighted by Gasteiger charge is 2.43. The Morgan fingerprint density at radius 1 is 1.00 bits per heavy atom. The Bertz CT molecular complexity index is 1000. The molecule has 2 aromatic rings. The summed E-state index contributed by atoms with van der Waals surface area (Å²) in [6.07, 6.45) is 0. The minimum absolute atomic E-state index is 0.210. The number of hydrogen-bond acceptors (Lipinski definition) is 4. The smallest absolute Gasteiger partial charge is 0.320 e. The van der Waals surface area contributed by atoms with Gasteiger partial charge >= 0.3 is 6.03 Å². The van der Waals surface area contributed by atoms with Crippen molar-refractivity contribution in [2.75, 3.05) is 4.72 Å². The van der Waals surface area contributed by atoms with Crippen LogP contribution in [0.25, 0.3) is 0 Å². The van der Waals surface area contributed by atoms with Gasteiger partial charge < -0.3 is 5.32 Å². The van der Waals surface area contributed by atoms with Crippen LogP contribution in [0.4, 0.5) is 10.5 Å². The van der Waals surface area contributed by atoms with E-state index in [0.717, 1.165) is 5.56 Å². The molecule has 1 saturated heterocycles. The average Bonchev–Trinajstić information content (AvgIpc) is 2.80. The summed E-state index contributed by atoms with van der Waals surface area (Å²) in [4.78, 5) is 23.5.